The molecule has 0 radical (unpaired) electrons. The minimum Gasteiger partial charge on any atom is -0.508 e. The zero-order valence-corrected chi connectivity index (χ0v) is 10.4. The van der Waals surface area contributed by atoms with E-state index in [-0.39, 0.29) is 6.04 Å². The summed E-state index contributed by atoms with van der Waals surface area (Å²) in [6.45, 7) is 7.39. The van der Waals surface area contributed by atoms with Crippen molar-refractivity contribution in [2.24, 2.45) is 0 Å². The van der Waals surface area contributed by atoms with Gasteiger partial charge in [0.1, 0.15) is 5.75 Å². The Bertz CT molecular complexity index is 376. The monoisotopic (exact) mass is 236 g/mol. The van der Waals surface area contributed by atoms with E-state index in [2.05, 4.69) is 17.4 Å². The normalized spacial score (nSPS) is 19.2. The number of ether oxygens (including phenoxy) is 1. The zero-order valence-electron chi connectivity index (χ0n) is 10.4. The summed E-state index contributed by atoms with van der Waals surface area (Å²) in [5.74, 6) is 0.351. The second-order valence-electron chi connectivity index (χ2n) is 4.51. The highest BCUT2D eigenvalue weighted by atomic mass is 16.5. The maximum atomic E-state index is 9.85. The maximum Gasteiger partial charge on any atom is 0.120 e. The fraction of sp³-hybridized carbons (Fsp3) is 0.538. The highest BCUT2D eigenvalue weighted by molar-refractivity contribution is 5.37. The lowest BCUT2D eigenvalue weighted by atomic mass is 10.1. The van der Waals surface area contributed by atoms with Crippen molar-refractivity contribution in [1.29, 1.82) is 0 Å². The predicted octanol–water partition coefficient (Wildman–Crippen LogP) is 1.60. The van der Waals surface area contributed by atoms with Gasteiger partial charge in [0.25, 0.3) is 0 Å². The first-order valence-corrected chi connectivity index (χ1v) is 6.05. The van der Waals surface area contributed by atoms with Crippen LogP contribution in [0.3, 0.4) is 0 Å². The molecule has 0 spiro atoms. The van der Waals surface area contributed by atoms with E-state index in [1.165, 1.54) is 0 Å². The van der Waals surface area contributed by atoms with Crippen LogP contribution in [0, 0.1) is 6.92 Å². The molecule has 1 saturated heterocycles. The Balaban J connectivity index is 2.02. The van der Waals surface area contributed by atoms with Gasteiger partial charge in [-0.2, -0.15) is 0 Å². The fourth-order valence-electron chi connectivity index (χ4n) is 2.06. The quantitative estimate of drug-likeness (QED) is 0.836. The van der Waals surface area contributed by atoms with Crippen molar-refractivity contribution in [3.63, 3.8) is 0 Å². The third-order valence-corrected chi connectivity index (χ3v) is 3.04. The van der Waals surface area contributed by atoms with Crippen molar-refractivity contribution in [1.82, 2.24) is 10.4 Å². The number of morpholine rings is 1. The van der Waals surface area contributed by atoms with Crippen molar-refractivity contribution in [3.8, 4) is 5.75 Å². The van der Waals surface area contributed by atoms with Gasteiger partial charge in [-0.25, -0.2) is 10.4 Å². The van der Waals surface area contributed by atoms with Gasteiger partial charge < -0.3 is 9.84 Å². The van der Waals surface area contributed by atoms with Gasteiger partial charge >= 0.3 is 0 Å². The molecular formula is C13H20N2O2. The topological polar surface area (TPSA) is 44.7 Å². The Kier molecular flexibility index (Phi) is 3.99. The number of hydrogen-bond acceptors (Lipinski definition) is 4. The summed E-state index contributed by atoms with van der Waals surface area (Å²) >= 11 is 0. The first-order chi connectivity index (χ1) is 8.16. The third-order valence-electron chi connectivity index (χ3n) is 3.04. The summed E-state index contributed by atoms with van der Waals surface area (Å²) in [5.41, 5.74) is 5.50. The van der Waals surface area contributed by atoms with Crippen LogP contribution in [0.2, 0.25) is 0 Å². The highest BCUT2D eigenvalue weighted by Gasteiger charge is 2.16. The minimum absolute atomic E-state index is 0.105. The highest BCUT2D eigenvalue weighted by Crippen LogP contribution is 2.25. The molecule has 1 aliphatic rings. The van der Waals surface area contributed by atoms with Crippen molar-refractivity contribution < 1.29 is 9.84 Å². The SMILES string of the molecule is Cc1ccc(O)c(C(C)NN2CCOCC2)c1. The Hall–Kier alpha value is -1.10. The molecule has 0 amide bonds. The number of aromatic hydroxyl groups is 1. The van der Waals surface area contributed by atoms with E-state index in [0.29, 0.717) is 5.75 Å². The van der Waals surface area contributed by atoms with Crippen LogP contribution < -0.4 is 5.43 Å². The van der Waals surface area contributed by atoms with Crippen LogP contribution in [-0.2, 0) is 4.74 Å². The molecule has 1 aromatic carbocycles. The lowest BCUT2D eigenvalue weighted by Crippen LogP contribution is -2.46. The Morgan fingerprint density at radius 1 is 1.35 bits per heavy atom. The van der Waals surface area contributed by atoms with E-state index in [9.17, 15) is 5.11 Å². The number of aryl methyl sites for hydroxylation is 1. The van der Waals surface area contributed by atoms with Crippen LogP contribution in [0.5, 0.6) is 5.75 Å². The van der Waals surface area contributed by atoms with E-state index < -0.39 is 0 Å². The lowest BCUT2D eigenvalue weighted by molar-refractivity contribution is 0.00469. The summed E-state index contributed by atoms with van der Waals surface area (Å²) in [6.07, 6.45) is 0. The van der Waals surface area contributed by atoms with Gasteiger partial charge in [0.05, 0.1) is 13.2 Å². The van der Waals surface area contributed by atoms with Gasteiger partial charge in [0, 0.05) is 24.7 Å². The average Bonchev–Trinajstić information content (AvgIpc) is 2.33. The minimum atomic E-state index is 0.105. The molecule has 1 atom stereocenters. The zero-order chi connectivity index (χ0) is 12.3. The van der Waals surface area contributed by atoms with Crippen molar-refractivity contribution in [3.05, 3.63) is 29.3 Å². The number of nitrogens with one attached hydrogen (secondary N) is 1. The molecule has 1 aliphatic heterocycles. The van der Waals surface area contributed by atoms with Gasteiger partial charge in [-0.1, -0.05) is 17.7 Å². The van der Waals surface area contributed by atoms with Crippen LogP contribution >= 0.6 is 0 Å². The molecule has 0 saturated carbocycles. The molecule has 2 rings (SSSR count). The van der Waals surface area contributed by atoms with Crippen LogP contribution in [0.15, 0.2) is 18.2 Å². The van der Waals surface area contributed by atoms with Crippen LogP contribution in [-0.4, -0.2) is 36.4 Å². The number of hydrazine groups is 1. The van der Waals surface area contributed by atoms with E-state index in [4.69, 9.17) is 4.74 Å². The van der Waals surface area contributed by atoms with Crippen molar-refractivity contribution in [2.75, 3.05) is 26.3 Å². The van der Waals surface area contributed by atoms with Gasteiger partial charge in [-0.15, -0.1) is 0 Å². The van der Waals surface area contributed by atoms with E-state index in [1.807, 2.05) is 19.1 Å². The summed E-state index contributed by atoms with van der Waals surface area (Å²) in [7, 11) is 0. The van der Waals surface area contributed by atoms with Crippen LogP contribution in [0.4, 0.5) is 0 Å². The van der Waals surface area contributed by atoms with E-state index in [0.717, 1.165) is 37.4 Å². The molecule has 17 heavy (non-hydrogen) atoms. The number of phenols is 1. The number of rotatable bonds is 3. The van der Waals surface area contributed by atoms with Crippen molar-refractivity contribution >= 4 is 0 Å². The first kappa shape index (κ1) is 12.4. The first-order valence-electron chi connectivity index (χ1n) is 6.05. The number of hydrogen-bond donors (Lipinski definition) is 2. The number of nitrogens with zero attached hydrogens (tertiary/aromatic N) is 1. The van der Waals surface area contributed by atoms with Crippen molar-refractivity contribution in [2.45, 2.75) is 19.9 Å². The molecule has 4 nitrogen and oxygen atoms in total. The summed E-state index contributed by atoms with van der Waals surface area (Å²) in [6, 6.07) is 5.80. The molecule has 1 unspecified atom stereocenters. The summed E-state index contributed by atoms with van der Waals surface area (Å²) < 4.78 is 5.30. The molecule has 1 heterocycles. The Labute approximate surface area is 102 Å². The molecule has 94 valence electrons. The second-order valence-corrected chi connectivity index (χ2v) is 4.51. The van der Waals surface area contributed by atoms with Gasteiger partial charge in [-0.3, -0.25) is 0 Å². The Morgan fingerprint density at radius 3 is 2.76 bits per heavy atom. The summed E-state index contributed by atoms with van der Waals surface area (Å²) in [4.78, 5) is 0. The maximum absolute atomic E-state index is 9.85. The Morgan fingerprint density at radius 2 is 2.06 bits per heavy atom. The van der Waals surface area contributed by atoms with E-state index >= 15 is 0 Å². The average molecular weight is 236 g/mol. The molecule has 1 fully saturated rings. The lowest BCUT2D eigenvalue weighted by Gasteiger charge is -2.30. The molecule has 0 aliphatic carbocycles. The van der Waals surface area contributed by atoms with Gasteiger partial charge in [-0.05, 0) is 19.9 Å². The standard InChI is InChI=1S/C13H20N2O2/c1-10-3-4-13(16)12(9-10)11(2)14-15-5-7-17-8-6-15/h3-4,9,11,14,16H,5-8H2,1-2H3. The predicted molar refractivity (Wildman–Crippen MR) is 66.8 cm³/mol. The molecule has 2 N–H and O–H groups in total. The smallest absolute Gasteiger partial charge is 0.120 e. The van der Waals surface area contributed by atoms with Crippen LogP contribution in [0.1, 0.15) is 24.1 Å². The summed E-state index contributed by atoms with van der Waals surface area (Å²) in [5, 5.41) is 12.0. The molecule has 0 bridgehead atoms. The molecule has 1 aromatic rings. The molecule has 0 aromatic heterocycles. The molecular weight excluding hydrogens is 216 g/mol. The largest absolute Gasteiger partial charge is 0.508 e. The van der Waals surface area contributed by atoms with E-state index in [1.54, 1.807) is 6.07 Å². The van der Waals surface area contributed by atoms with Gasteiger partial charge in [0.2, 0.25) is 0 Å². The fourth-order valence-corrected chi connectivity index (χ4v) is 2.06. The second kappa shape index (κ2) is 5.49. The number of benzene rings is 1. The molecule has 4 heteroatoms. The van der Waals surface area contributed by atoms with Gasteiger partial charge in [0.15, 0.2) is 0 Å². The van der Waals surface area contributed by atoms with Crippen LogP contribution in [0.25, 0.3) is 0 Å². The number of phenolic OH excluding ortho intramolecular Hbond substituents is 1. The third kappa shape index (κ3) is 3.19.